The van der Waals surface area contributed by atoms with E-state index in [0.717, 1.165) is 56.6 Å². The molecule has 0 atom stereocenters. The van der Waals surface area contributed by atoms with Gasteiger partial charge in [0, 0.05) is 25.9 Å². The van der Waals surface area contributed by atoms with Crippen LogP contribution in [-0.4, -0.2) is 30.3 Å². The van der Waals surface area contributed by atoms with Crippen LogP contribution in [0.1, 0.15) is 42.5 Å². The number of nitriles is 1. The molecule has 0 radical (unpaired) electrons. The normalized spacial score (nSPS) is 13.1. The number of aromatic nitrogens is 1. The number of unbranched alkanes of at least 4 members (excludes halogenated alkanes) is 2. The minimum Gasteiger partial charge on any atom is -0.396 e. The first-order valence-corrected chi connectivity index (χ1v) is 7.01. The van der Waals surface area contributed by atoms with Crippen LogP contribution in [0.4, 0.5) is 5.82 Å². The van der Waals surface area contributed by atoms with Gasteiger partial charge in [-0.25, -0.2) is 4.98 Å². The maximum Gasteiger partial charge on any atom is 0.146 e. The molecular weight excluding hydrogens is 238 g/mol. The van der Waals surface area contributed by atoms with Gasteiger partial charge in [-0.05, 0) is 50.2 Å². The first-order valence-electron chi connectivity index (χ1n) is 7.01. The molecule has 1 heterocycles. The lowest BCUT2D eigenvalue weighted by Crippen LogP contribution is -2.21. The molecule has 19 heavy (non-hydrogen) atoms. The van der Waals surface area contributed by atoms with Gasteiger partial charge < -0.3 is 10.0 Å². The largest absolute Gasteiger partial charge is 0.396 e. The molecule has 0 bridgehead atoms. The Kier molecular flexibility index (Phi) is 4.75. The molecule has 1 aromatic rings. The van der Waals surface area contributed by atoms with Crippen molar-refractivity contribution in [2.24, 2.45) is 0 Å². The van der Waals surface area contributed by atoms with Gasteiger partial charge in [0.25, 0.3) is 0 Å². The van der Waals surface area contributed by atoms with Crippen molar-refractivity contribution in [3.8, 4) is 6.07 Å². The first kappa shape index (κ1) is 13.8. The maximum atomic E-state index is 9.26. The second-order valence-electron chi connectivity index (χ2n) is 5.14. The standard InChI is InChI=1S/C15H21N3O/c1-18(8-3-2-4-9-19)15-13(11-16)10-12-6-5-7-14(12)17-15/h10,19H,2-9H2,1H3. The molecule has 1 aromatic heterocycles. The van der Waals surface area contributed by atoms with E-state index < -0.39 is 0 Å². The summed E-state index contributed by atoms with van der Waals surface area (Å²) in [6.45, 7) is 1.13. The van der Waals surface area contributed by atoms with Crippen LogP contribution in [0.5, 0.6) is 0 Å². The van der Waals surface area contributed by atoms with Crippen molar-refractivity contribution in [2.45, 2.75) is 38.5 Å². The molecular formula is C15H21N3O. The first-order chi connectivity index (χ1) is 9.26. The summed E-state index contributed by atoms with van der Waals surface area (Å²) in [5, 5.41) is 18.0. The average Bonchev–Trinajstić information content (AvgIpc) is 2.89. The predicted octanol–water partition coefficient (Wildman–Crippen LogP) is 2.04. The highest BCUT2D eigenvalue weighted by Gasteiger charge is 2.18. The van der Waals surface area contributed by atoms with Gasteiger partial charge in [0.15, 0.2) is 0 Å². The Bertz CT molecular complexity index is 479. The van der Waals surface area contributed by atoms with E-state index in [-0.39, 0.29) is 6.61 Å². The van der Waals surface area contributed by atoms with E-state index in [1.165, 1.54) is 5.56 Å². The highest BCUT2D eigenvalue weighted by atomic mass is 16.2. The molecule has 0 spiro atoms. The van der Waals surface area contributed by atoms with Gasteiger partial charge in [0.2, 0.25) is 0 Å². The van der Waals surface area contributed by atoms with Crippen LogP contribution in [0.25, 0.3) is 0 Å². The molecule has 0 aliphatic heterocycles. The molecule has 1 aliphatic rings. The zero-order chi connectivity index (χ0) is 13.7. The van der Waals surface area contributed by atoms with Crippen molar-refractivity contribution < 1.29 is 5.11 Å². The van der Waals surface area contributed by atoms with Gasteiger partial charge in [0.05, 0.1) is 5.56 Å². The van der Waals surface area contributed by atoms with Crippen molar-refractivity contribution in [1.82, 2.24) is 4.98 Å². The zero-order valence-corrected chi connectivity index (χ0v) is 11.5. The fraction of sp³-hybridized carbons (Fsp3) is 0.600. The summed E-state index contributed by atoms with van der Waals surface area (Å²) in [7, 11) is 1.99. The molecule has 102 valence electrons. The second kappa shape index (κ2) is 6.53. The van der Waals surface area contributed by atoms with Crippen LogP contribution in [0.2, 0.25) is 0 Å². The lowest BCUT2D eigenvalue weighted by Gasteiger charge is -2.20. The molecule has 4 nitrogen and oxygen atoms in total. The van der Waals surface area contributed by atoms with Gasteiger partial charge >= 0.3 is 0 Å². The Hall–Kier alpha value is -1.60. The monoisotopic (exact) mass is 259 g/mol. The summed E-state index contributed by atoms with van der Waals surface area (Å²) in [6, 6.07) is 4.27. The fourth-order valence-electron chi connectivity index (χ4n) is 2.58. The molecule has 1 N–H and O–H groups in total. The third-order valence-electron chi connectivity index (χ3n) is 3.66. The summed E-state index contributed by atoms with van der Waals surface area (Å²) in [5.74, 6) is 0.812. The van der Waals surface area contributed by atoms with Gasteiger partial charge in [-0.1, -0.05) is 0 Å². The number of hydrogen-bond donors (Lipinski definition) is 1. The van der Waals surface area contributed by atoms with Crippen LogP contribution in [0, 0.1) is 11.3 Å². The number of fused-ring (bicyclic) bond motifs is 1. The molecule has 4 heteroatoms. The Morgan fingerprint density at radius 3 is 2.95 bits per heavy atom. The number of anilines is 1. The predicted molar refractivity (Wildman–Crippen MR) is 75.2 cm³/mol. The van der Waals surface area contributed by atoms with Crippen molar-refractivity contribution in [3.63, 3.8) is 0 Å². The lowest BCUT2D eigenvalue weighted by molar-refractivity contribution is 0.283. The fourth-order valence-corrected chi connectivity index (χ4v) is 2.58. The van der Waals surface area contributed by atoms with E-state index in [1.54, 1.807) is 0 Å². The maximum absolute atomic E-state index is 9.26. The number of pyridine rings is 1. The second-order valence-corrected chi connectivity index (χ2v) is 5.14. The van der Waals surface area contributed by atoms with Crippen LogP contribution in [0.3, 0.4) is 0 Å². The third kappa shape index (κ3) is 3.24. The number of nitrogens with zero attached hydrogens (tertiary/aromatic N) is 3. The van der Waals surface area contributed by atoms with Gasteiger partial charge in [-0.15, -0.1) is 0 Å². The average molecular weight is 259 g/mol. The highest BCUT2D eigenvalue weighted by Crippen LogP contribution is 2.26. The summed E-state index contributed by atoms with van der Waals surface area (Å²) in [5.41, 5.74) is 3.09. The quantitative estimate of drug-likeness (QED) is 0.794. The van der Waals surface area contributed by atoms with Gasteiger partial charge in [0.1, 0.15) is 11.9 Å². The van der Waals surface area contributed by atoms with Crippen molar-refractivity contribution in [1.29, 1.82) is 5.26 Å². The number of aryl methyl sites for hydroxylation is 2. The Balaban J connectivity index is 2.08. The minimum absolute atomic E-state index is 0.254. The van der Waals surface area contributed by atoms with Crippen LogP contribution in [0.15, 0.2) is 6.07 Å². The summed E-state index contributed by atoms with van der Waals surface area (Å²) in [4.78, 5) is 6.74. The molecule has 0 amide bonds. The Labute approximate surface area is 114 Å². The van der Waals surface area contributed by atoms with E-state index in [1.807, 2.05) is 13.1 Å². The van der Waals surface area contributed by atoms with E-state index in [2.05, 4.69) is 16.0 Å². The molecule has 0 aromatic carbocycles. The van der Waals surface area contributed by atoms with Crippen molar-refractivity contribution in [3.05, 3.63) is 22.9 Å². The van der Waals surface area contributed by atoms with Crippen LogP contribution in [-0.2, 0) is 12.8 Å². The van der Waals surface area contributed by atoms with E-state index in [9.17, 15) is 5.26 Å². The SMILES string of the molecule is CN(CCCCCO)c1nc2c(cc1C#N)CCC2. The minimum atomic E-state index is 0.254. The number of rotatable bonds is 6. The molecule has 0 saturated heterocycles. The van der Waals surface area contributed by atoms with Crippen LogP contribution < -0.4 is 4.90 Å². The smallest absolute Gasteiger partial charge is 0.146 e. The zero-order valence-electron chi connectivity index (χ0n) is 11.5. The molecule has 2 rings (SSSR count). The number of hydrogen-bond acceptors (Lipinski definition) is 4. The number of aliphatic hydroxyl groups is 1. The van der Waals surface area contributed by atoms with Gasteiger partial charge in [-0.2, -0.15) is 5.26 Å². The van der Waals surface area contributed by atoms with E-state index in [0.29, 0.717) is 5.56 Å². The summed E-state index contributed by atoms with van der Waals surface area (Å²) >= 11 is 0. The topological polar surface area (TPSA) is 60.1 Å². The van der Waals surface area contributed by atoms with Crippen molar-refractivity contribution >= 4 is 5.82 Å². The number of aliphatic hydroxyl groups excluding tert-OH is 1. The molecule has 0 saturated carbocycles. The van der Waals surface area contributed by atoms with Gasteiger partial charge in [-0.3, -0.25) is 0 Å². The van der Waals surface area contributed by atoms with E-state index >= 15 is 0 Å². The van der Waals surface area contributed by atoms with Crippen LogP contribution >= 0.6 is 0 Å². The van der Waals surface area contributed by atoms with Crippen molar-refractivity contribution in [2.75, 3.05) is 25.1 Å². The highest BCUT2D eigenvalue weighted by molar-refractivity contribution is 5.56. The summed E-state index contributed by atoms with van der Waals surface area (Å²) in [6.07, 6.45) is 6.10. The Morgan fingerprint density at radius 2 is 2.21 bits per heavy atom. The summed E-state index contributed by atoms with van der Waals surface area (Å²) < 4.78 is 0. The molecule has 0 unspecified atom stereocenters. The Morgan fingerprint density at radius 1 is 1.37 bits per heavy atom. The molecule has 1 aliphatic carbocycles. The van der Waals surface area contributed by atoms with E-state index in [4.69, 9.17) is 5.11 Å². The lowest BCUT2D eigenvalue weighted by atomic mass is 10.1. The third-order valence-corrected chi connectivity index (χ3v) is 3.66. The molecule has 0 fully saturated rings.